The number of hydrogen-bond donors (Lipinski definition) is 1. The van der Waals surface area contributed by atoms with Gasteiger partial charge in [-0.3, -0.25) is 0 Å². The lowest BCUT2D eigenvalue weighted by Gasteiger charge is -2.25. The zero-order valence-corrected chi connectivity index (χ0v) is 13.4. The van der Waals surface area contributed by atoms with Gasteiger partial charge in [0.15, 0.2) is 0 Å². The van der Waals surface area contributed by atoms with Crippen LogP contribution in [0, 0.1) is 5.82 Å². The molecule has 3 atom stereocenters. The van der Waals surface area contributed by atoms with Gasteiger partial charge in [-0.2, -0.15) is 11.8 Å². The molecule has 5 heteroatoms. The first-order valence-corrected chi connectivity index (χ1v) is 8.51. The van der Waals surface area contributed by atoms with Crippen molar-refractivity contribution in [3.63, 3.8) is 0 Å². The number of hydrogen-bond acceptors (Lipinski definition) is 2. The average Bonchev–Trinajstić information content (AvgIpc) is 2.81. The molecule has 0 radical (unpaired) electrons. The van der Waals surface area contributed by atoms with Crippen LogP contribution in [0.2, 0.25) is 10.0 Å². The Hall–Kier alpha value is 0.0400. The van der Waals surface area contributed by atoms with Gasteiger partial charge in [-0.1, -0.05) is 29.6 Å². The van der Waals surface area contributed by atoms with Crippen LogP contribution < -0.4 is 5.32 Å². The van der Waals surface area contributed by atoms with Crippen LogP contribution in [0.5, 0.6) is 0 Å². The van der Waals surface area contributed by atoms with Gasteiger partial charge in [0.2, 0.25) is 0 Å². The first-order valence-electron chi connectivity index (χ1n) is 6.46. The van der Waals surface area contributed by atoms with E-state index in [1.807, 2.05) is 18.7 Å². The fraction of sp³-hybridized carbons (Fsp3) is 0.571. The molecule has 1 aliphatic rings. The van der Waals surface area contributed by atoms with E-state index in [0.29, 0.717) is 21.9 Å². The van der Waals surface area contributed by atoms with Crippen LogP contribution in [-0.2, 0) is 0 Å². The Bertz CT molecular complexity index is 455. The number of thioether (sulfide) groups is 1. The Morgan fingerprint density at radius 2 is 2.11 bits per heavy atom. The molecule has 106 valence electrons. The molecule has 0 amide bonds. The topological polar surface area (TPSA) is 12.0 Å². The van der Waals surface area contributed by atoms with E-state index in [4.69, 9.17) is 23.2 Å². The Labute approximate surface area is 128 Å². The lowest BCUT2D eigenvalue weighted by atomic mass is 10.1. The highest BCUT2D eigenvalue weighted by Crippen LogP contribution is 2.35. The van der Waals surface area contributed by atoms with Gasteiger partial charge in [-0.25, -0.2) is 4.39 Å². The molecule has 0 bridgehead atoms. The van der Waals surface area contributed by atoms with Crippen molar-refractivity contribution in [2.45, 2.75) is 43.5 Å². The highest BCUT2D eigenvalue weighted by molar-refractivity contribution is 7.99. The summed E-state index contributed by atoms with van der Waals surface area (Å²) in [5, 5.41) is 4.82. The van der Waals surface area contributed by atoms with Crippen molar-refractivity contribution in [2.75, 3.05) is 6.26 Å². The normalized spacial score (nSPS) is 24.7. The summed E-state index contributed by atoms with van der Waals surface area (Å²) >= 11 is 14.1. The van der Waals surface area contributed by atoms with E-state index >= 15 is 0 Å². The summed E-state index contributed by atoms with van der Waals surface area (Å²) in [6.07, 6.45) is 5.76. The van der Waals surface area contributed by atoms with Crippen LogP contribution in [0.3, 0.4) is 0 Å². The minimum atomic E-state index is -0.414. The molecule has 1 aromatic rings. The number of nitrogens with one attached hydrogen (secondary N) is 1. The Morgan fingerprint density at radius 1 is 1.37 bits per heavy atom. The molecule has 1 aromatic carbocycles. The van der Waals surface area contributed by atoms with Gasteiger partial charge >= 0.3 is 0 Å². The predicted octanol–water partition coefficient (Wildman–Crippen LogP) is 5.07. The van der Waals surface area contributed by atoms with E-state index in [1.54, 1.807) is 6.07 Å². The lowest BCUT2D eigenvalue weighted by molar-refractivity contribution is 0.466. The van der Waals surface area contributed by atoms with Crippen molar-refractivity contribution in [1.29, 1.82) is 0 Å². The summed E-state index contributed by atoms with van der Waals surface area (Å²) in [4.78, 5) is 0. The quantitative estimate of drug-likeness (QED) is 0.777. The van der Waals surface area contributed by atoms with E-state index in [1.165, 1.54) is 18.9 Å². The Balaban J connectivity index is 2.16. The van der Waals surface area contributed by atoms with E-state index in [-0.39, 0.29) is 11.1 Å². The van der Waals surface area contributed by atoms with E-state index < -0.39 is 5.82 Å². The summed E-state index contributed by atoms with van der Waals surface area (Å²) in [5.41, 5.74) is 0.662. The van der Waals surface area contributed by atoms with Crippen molar-refractivity contribution in [3.05, 3.63) is 33.6 Å². The van der Waals surface area contributed by atoms with E-state index in [0.717, 1.165) is 6.42 Å². The van der Waals surface area contributed by atoms with Gasteiger partial charge in [-0.05, 0) is 38.2 Å². The average molecular weight is 322 g/mol. The van der Waals surface area contributed by atoms with Gasteiger partial charge in [0.05, 0.1) is 5.02 Å². The molecular formula is C14H18Cl2FNS. The van der Waals surface area contributed by atoms with Gasteiger partial charge in [-0.15, -0.1) is 0 Å². The predicted molar refractivity (Wildman–Crippen MR) is 82.9 cm³/mol. The third-order valence-electron chi connectivity index (χ3n) is 3.73. The lowest BCUT2D eigenvalue weighted by Crippen LogP contribution is -2.36. The molecule has 0 heterocycles. The minimum absolute atomic E-state index is 0.0477. The fourth-order valence-corrected chi connectivity index (χ4v) is 4.39. The Morgan fingerprint density at radius 3 is 2.79 bits per heavy atom. The maximum absolute atomic E-state index is 13.6. The van der Waals surface area contributed by atoms with Crippen molar-refractivity contribution < 1.29 is 4.39 Å². The number of halogens is 3. The third-order valence-corrected chi connectivity index (χ3v) is 5.62. The van der Waals surface area contributed by atoms with Gasteiger partial charge in [0.25, 0.3) is 0 Å². The maximum Gasteiger partial charge on any atom is 0.142 e. The molecule has 1 N–H and O–H groups in total. The zero-order valence-electron chi connectivity index (χ0n) is 11.1. The monoisotopic (exact) mass is 321 g/mol. The molecule has 0 aliphatic heterocycles. The fourth-order valence-electron chi connectivity index (χ4n) is 2.74. The molecule has 1 fully saturated rings. The molecule has 19 heavy (non-hydrogen) atoms. The van der Waals surface area contributed by atoms with Crippen molar-refractivity contribution in [1.82, 2.24) is 5.32 Å². The van der Waals surface area contributed by atoms with Crippen LogP contribution in [-0.4, -0.2) is 17.5 Å². The summed E-state index contributed by atoms with van der Waals surface area (Å²) in [6, 6.07) is 3.27. The van der Waals surface area contributed by atoms with Crippen LogP contribution in [0.15, 0.2) is 12.1 Å². The van der Waals surface area contributed by atoms with Gasteiger partial charge in [0.1, 0.15) is 5.82 Å². The molecule has 1 nitrogen and oxygen atoms in total. The second kappa shape index (κ2) is 6.66. The SMILES string of the molecule is CSC1CCCC1NC(C)c1c(Cl)ccc(F)c1Cl. The third kappa shape index (κ3) is 3.38. The zero-order chi connectivity index (χ0) is 14.0. The van der Waals surface area contributed by atoms with Crippen LogP contribution in [0.4, 0.5) is 4.39 Å². The molecule has 0 saturated heterocycles. The van der Waals surface area contributed by atoms with Crippen LogP contribution >= 0.6 is 35.0 Å². The molecule has 1 aliphatic carbocycles. The first kappa shape index (κ1) is 15.4. The largest absolute Gasteiger partial charge is 0.306 e. The first-order chi connectivity index (χ1) is 9.04. The van der Waals surface area contributed by atoms with Crippen molar-refractivity contribution >= 4 is 35.0 Å². The van der Waals surface area contributed by atoms with Gasteiger partial charge < -0.3 is 5.32 Å². The second-order valence-electron chi connectivity index (χ2n) is 4.96. The molecule has 0 aromatic heterocycles. The molecule has 3 unspecified atom stereocenters. The molecule has 0 spiro atoms. The standard InChI is InChI=1S/C14H18Cl2FNS/c1-8(18-11-4-3-5-12(11)19-2)13-9(15)6-7-10(17)14(13)16/h6-8,11-12,18H,3-5H2,1-2H3. The van der Waals surface area contributed by atoms with Crippen LogP contribution in [0.25, 0.3) is 0 Å². The summed E-state index contributed by atoms with van der Waals surface area (Å²) in [5.74, 6) is -0.414. The maximum atomic E-state index is 13.6. The highest BCUT2D eigenvalue weighted by Gasteiger charge is 2.28. The van der Waals surface area contributed by atoms with Gasteiger partial charge in [0, 0.05) is 27.9 Å². The number of rotatable bonds is 4. The minimum Gasteiger partial charge on any atom is -0.306 e. The molecular weight excluding hydrogens is 304 g/mol. The Kier molecular flexibility index (Phi) is 5.41. The van der Waals surface area contributed by atoms with Crippen LogP contribution in [0.1, 0.15) is 37.8 Å². The number of benzene rings is 1. The summed E-state index contributed by atoms with van der Waals surface area (Å²) in [6.45, 7) is 1.99. The smallest absolute Gasteiger partial charge is 0.142 e. The second-order valence-corrected chi connectivity index (χ2v) is 6.82. The van der Waals surface area contributed by atoms with Crippen molar-refractivity contribution in [2.24, 2.45) is 0 Å². The summed E-state index contributed by atoms with van der Waals surface area (Å²) < 4.78 is 13.6. The summed E-state index contributed by atoms with van der Waals surface area (Å²) in [7, 11) is 0. The van der Waals surface area contributed by atoms with E-state index in [9.17, 15) is 4.39 Å². The van der Waals surface area contributed by atoms with Crippen molar-refractivity contribution in [3.8, 4) is 0 Å². The van der Waals surface area contributed by atoms with E-state index in [2.05, 4.69) is 11.6 Å². The highest BCUT2D eigenvalue weighted by atomic mass is 35.5. The molecule has 1 saturated carbocycles. The molecule has 2 rings (SSSR count).